The molecule has 21 heavy (non-hydrogen) atoms. The van der Waals surface area contributed by atoms with E-state index in [-0.39, 0.29) is 18.0 Å². The summed E-state index contributed by atoms with van der Waals surface area (Å²) in [5, 5.41) is 3.35. The van der Waals surface area contributed by atoms with E-state index in [4.69, 9.17) is 4.74 Å². The predicted molar refractivity (Wildman–Crippen MR) is 84.4 cm³/mol. The van der Waals surface area contributed by atoms with Gasteiger partial charge in [-0.15, -0.1) is 0 Å². The molecule has 1 saturated carbocycles. The molecule has 1 N–H and O–H groups in total. The van der Waals surface area contributed by atoms with Gasteiger partial charge in [0.05, 0.1) is 5.92 Å². The van der Waals surface area contributed by atoms with Crippen LogP contribution >= 0.6 is 0 Å². The highest BCUT2D eigenvalue weighted by molar-refractivity contribution is 5.81. The fraction of sp³-hybridized carbons (Fsp3) is 0.611. The van der Waals surface area contributed by atoms with E-state index in [2.05, 4.69) is 19.2 Å². The summed E-state index contributed by atoms with van der Waals surface area (Å²) >= 11 is 0. The van der Waals surface area contributed by atoms with Crippen LogP contribution in [-0.2, 0) is 9.53 Å². The van der Waals surface area contributed by atoms with E-state index >= 15 is 0 Å². The molecular weight excluding hydrogens is 262 g/mol. The number of hydrogen-bond donors (Lipinski definition) is 1. The summed E-state index contributed by atoms with van der Waals surface area (Å²) in [6, 6.07) is 8.08. The van der Waals surface area contributed by atoms with Crippen LogP contribution in [0, 0.1) is 5.41 Å². The van der Waals surface area contributed by atoms with Crippen molar-refractivity contribution in [3.05, 3.63) is 29.8 Å². The summed E-state index contributed by atoms with van der Waals surface area (Å²) in [6.45, 7) is 5.44. The van der Waals surface area contributed by atoms with Crippen molar-refractivity contribution in [2.45, 2.75) is 58.0 Å². The summed E-state index contributed by atoms with van der Waals surface area (Å²) in [6.07, 6.45) is 5.25. The fourth-order valence-corrected chi connectivity index (χ4v) is 3.45. The molecule has 1 atom stereocenters. The Labute approximate surface area is 127 Å². The minimum Gasteiger partial charge on any atom is -0.462 e. The lowest BCUT2D eigenvalue weighted by Gasteiger charge is -2.35. The van der Waals surface area contributed by atoms with Gasteiger partial charge in [-0.1, -0.05) is 32.0 Å². The average Bonchev–Trinajstić information content (AvgIpc) is 2.49. The van der Waals surface area contributed by atoms with Crippen molar-refractivity contribution < 1.29 is 9.53 Å². The Morgan fingerprint density at radius 1 is 1.19 bits per heavy atom. The Kier molecular flexibility index (Phi) is 3.92. The van der Waals surface area contributed by atoms with Crippen molar-refractivity contribution >= 4 is 11.7 Å². The molecule has 1 aliphatic heterocycles. The minimum atomic E-state index is -0.0996. The molecular formula is C18H25NO2. The van der Waals surface area contributed by atoms with Gasteiger partial charge in [0, 0.05) is 12.2 Å². The third-order valence-electron chi connectivity index (χ3n) is 4.94. The van der Waals surface area contributed by atoms with Crippen molar-refractivity contribution in [1.82, 2.24) is 0 Å². The second-order valence-corrected chi connectivity index (χ2v) is 7.16. The highest BCUT2D eigenvalue weighted by Gasteiger charge is 2.32. The van der Waals surface area contributed by atoms with Gasteiger partial charge in [-0.25, -0.2) is 0 Å². The Morgan fingerprint density at radius 2 is 1.90 bits per heavy atom. The topological polar surface area (TPSA) is 38.3 Å². The van der Waals surface area contributed by atoms with Crippen LogP contribution in [0.4, 0.5) is 5.69 Å². The van der Waals surface area contributed by atoms with Gasteiger partial charge < -0.3 is 10.1 Å². The van der Waals surface area contributed by atoms with Gasteiger partial charge in [0.2, 0.25) is 0 Å². The van der Waals surface area contributed by atoms with E-state index < -0.39 is 0 Å². The fourth-order valence-electron chi connectivity index (χ4n) is 3.45. The number of benzene rings is 1. The Bertz CT molecular complexity index is 514. The molecule has 0 spiro atoms. The molecule has 0 aromatic heterocycles. The first-order valence-electron chi connectivity index (χ1n) is 8.08. The molecule has 1 aliphatic carbocycles. The molecule has 0 radical (unpaired) electrons. The summed E-state index contributed by atoms with van der Waals surface area (Å²) < 4.78 is 5.81. The largest absolute Gasteiger partial charge is 0.462 e. The van der Waals surface area contributed by atoms with Gasteiger partial charge in [0.1, 0.15) is 6.10 Å². The average molecular weight is 287 g/mol. The summed E-state index contributed by atoms with van der Waals surface area (Å²) in [5.74, 6) is -0.133. The van der Waals surface area contributed by atoms with Gasteiger partial charge >= 0.3 is 5.97 Å². The van der Waals surface area contributed by atoms with E-state index in [1.165, 1.54) is 0 Å². The van der Waals surface area contributed by atoms with E-state index in [1.807, 2.05) is 24.3 Å². The van der Waals surface area contributed by atoms with Crippen molar-refractivity contribution in [2.75, 3.05) is 11.9 Å². The molecule has 1 fully saturated rings. The number of carbonyl (C=O) groups is 1. The SMILES string of the molecule is CC1(C)CCC(OC(=O)C2CCNc3ccccc32)CC1. The minimum absolute atomic E-state index is 0.0337. The zero-order valence-electron chi connectivity index (χ0n) is 13.0. The monoisotopic (exact) mass is 287 g/mol. The molecule has 2 aliphatic rings. The number of para-hydroxylation sites is 1. The second-order valence-electron chi connectivity index (χ2n) is 7.16. The number of esters is 1. The van der Waals surface area contributed by atoms with Crippen LogP contribution in [0.15, 0.2) is 24.3 Å². The molecule has 1 aromatic carbocycles. The van der Waals surface area contributed by atoms with Crippen molar-refractivity contribution in [2.24, 2.45) is 5.41 Å². The van der Waals surface area contributed by atoms with E-state index in [0.717, 1.165) is 49.9 Å². The smallest absolute Gasteiger partial charge is 0.313 e. The molecule has 0 bridgehead atoms. The maximum atomic E-state index is 12.5. The lowest BCUT2D eigenvalue weighted by molar-refractivity contribution is -0.153. The first kappa shape index (κ1) is 14.4. The number of carbonyl (C=O) groups excluding carboxylic acids is 1. The molecule has 3 rings (SSSR count). The van der Waals surface area contributed by atoms with E-state index in [0.29, 0.717) is 5.41 Å². The van der Waals surface area contributed by atoms with Gasteiger partial charge in [0.15, 0.2) is 0 Å². The Hall–Kier alpha value is -1.51. The molecule has 1 heterocycles. The Morgan fingerprint density at radius 3 is 2.67 bits per heavy atom. The van der Waals surface area contributed by atoms with Crippen molar-refractivity contribution in [3.63, 3.8) is 0 Å². The van der Waals surface area contributed by atoms with Gasteiger partial charge in [-0.3, -0.25) is 4.79 Å². The number of nitrogens with one attached hydrogen (secondary N) is 1. The van der Waals surface area contributed by atoms with E-state index in [1.54, 1.807) is 0 Å². The van der Waals surface area contributed by atoms with Crippen molar-refractivity contribution in [1.29, 1.82) is 0 Å². The first-order chi connectivity index (χ1) is 10.1. The lowest BCUT2D eigenvalue weighted by atomic mass is 9.76. The number of fused-ring (bicyclic) bond motifs is 1. The lowest BCUT2D eigenvalue weighted by Crippen LogP contribution is -2.31. The molecule has 0 amide bonds. The normalized spacial score (nSPS) is 24.8. The first-order valence-corrected chi connectivity index (χ1v) is 8.08. The maximum absolute atomic E-state index is 12.5. The standard InChI is InChI=1S/C18H25NO2/c1-18(2)10-7-13(8-11-18)21-17(20)15-9-12-19-16-6-4-3-5-14(15)16/h3-6,13,15,19H,7-12H2,1-2H3. The number of rotatable bonds is 2. The molecule has 1 unspecified atom stereocenters. The molecule has 3 heteroatoms. The number of hydrogen-bond acceptors (Lipinski definition) is 3. The van der Waals surface area contributed by atoms with Crippen LogP contribution in [0.3, 0.4) is 0 Å². The van der Waals surface area contributed by atoms with Crippen molar-refractivity contribution in [3.8, 4) is 0 Å². The van der Waals surface area contributed by atoms with Crippen LogP contribution in [0.5, 0.6) is 0 Å². The molecule has 0 saturated heterocycles. The zero-order chi connectivity index (χ0) is 14.9. The highest BCUT2D eigenvalue weighted by atomic mass is 16.5. The summed E-state index contributed by atoms with van der Waals surface area (Å²) in [5.41, 5.74) is 2.57. The second kappa shape index (κ2) is 5.70. The van der Waals surface area contributed by atoms with Crippen LogP contribution in [0.1, 0.15) is 57.4 Å². The van der Waals surface area contributed by atoms with Crippen LogP contribution in [0.2, 0.25) is 0 Å². The third kappa shape index (κ3) is 3.22. The van der Waals surface area contributed by atoms with Gasteiger partial charge in [-0.05, 0) is 49.1 Å². The number of anilines is 1. The molecule has 1 aromatic rings. The van der Waals surface area contributed by atoms with E-state index in [9.17, 15) is 4.79 Å². The van der Waals surface area contributed by atoms with Crippen LogP contribution < -0.4 is 5.32 Å². The predicted octanol–water partition coefficient (Wildman–Crippen LogP) is 4.10. The summed E-state index contributed by atoms with van der Waals surface area (Å²) in [4.78, 5) is 12.5. The van der Waals surface area contributed by atoms with Gasteiger partial charge in [-0.2, -0.15) is 0 Å². The third-order valence-corrected chi connectivity index (χ3v) is 4.94. The highest BCUT2D eigenvalue weighted by Crippen LogP contribution is 2.38. The Balaban J connectivity index is 1.64. The molecule has 3 nitrogen and oxygen atoms in total. The quantitative estimate of drug-likeness (QED) is 0.832. The zero-order valence-corrected chi connectivity index (χ0v) is 13.0. The maximum Gasteiger partial charge on any atom is 0.313 e. The van der Waals surface area contributed by atoms with Crippen LogP contribution in [0.25, 0.3) is 0 Å². The molecule has 114 valence electrons. The van der Waals surface area contributed by atoms with Gasteiger partial charge in [0.25, 0.3) is 0 Å². The van der Waals surface area contributed by atoms with Crippen LogP contribution in [-0.4, -0.2) is 18.6 Å². The number of ether oxygens (including phenoxy) is 1. The summed E-state index contributed by atoms with van der Waals surface area (Å²) in [7, 11) is 0.